The Balaban J connectivity index is 3.27. The van der Waals surface area contributed by atoms with Gasteiger partial charge in [0.25, 0.3) is 0 Å². The number of Topliss-reactive ketones (excluding diaryl/α,β-unsaturated/α-hetero) is 1. The molecule has 0 spiro atoms. The van der Waals surface area contributed by atoms with Gasteiger partial charge in [0, 0.05) is 12.3 Å². The lowest BCUT2D eigenvalue weighted by atomic mass is 10.0. The van der Waals surface area contributed by atoms with Crippen LogP contribution in [-0.2, 0) is 4.79 Å². The van der Waals surface area contributed by atoms with Crippen LogP contribution in [0.3, 0.4) is 0 Å². The Morgan fingerprint density at radius 1 is 1.21 bits per heavy atom. The standard InChI is InChI=1S/C13H24O/c1-4-6-7-8-9-10-11-13(14)12(3)5-2/h5,12H,2,4,6-11H2,1,3H3. The maximum absolute atomic E-state index is 11.4. The summed E-state index contributed by atoms with van der Waals surface area (Å²) in [7, 11) is 0. The molecule has 0 rings (SSSR count). The highest BCUT2D eigenvalue weighted by Crippen LogP contribution is 2.10. The van der Waals surface area contributed by atoms with Gasteiger partial charge >= 0.3 is 0 Å². The van der Waals surface area contributed by atoms with E-state index in [0.29, 0.717) is 5.78 Å². The van der Waals surface area contributed by atoms with Crippen LogP contribution in [0, 0.1) is 5.92 Å². The molecule has 0 radical (unpaired) electrons. The first-order valence-corrected chi connectivity index (χ1v) is 5.87. The number of hydrogen-bond acceptors (Lipinski definition) is 1. The maximum Gasteiger partial charge on any atom is 0.139 e. The van der Waals surface area contributed by atoms with Crippen LogP contribution in [0.1, 0.15) is 58.8 Å². The summed E-state index contributed by atoms with van der Waals surface area (Å²) < 4.78 is 0. The maximum atomic E-state index is 11.4. The number of rotatable bonds is 9. The molecular weight excluding hydrogens is 172 g/mol. The molecule has 1 atom stereocenters. The number of ketones is 1. The van der Waals surface area contributed by atoms with Crippen molar-refractivity contribution in [3.05, 3.63) is 12.7 Å². The SMILES string of the molecule is C=CC(C)C(=O)CCCCCCCC. The Kier molecular flexibility index (Phi) is 8.61. The van der Waals surface area contributed by atoms with Gasteiger partial charge in [0.1, 0.15) is 5.78 Å². The molecule has 0 fully saturated rings. The predicted molar refractivity (Wildman–Crippen MR) is 62.4 cm³/mol. The van der Waals surface area contributed by atoms with Gasteiger partial charge in [0.05, 0.1) is 0 Å². The molecule has 0 aromatic carbocycles. The van der Waals surface area contributed by atoms with Crippen molar-refractivity contribution < 1.29 is 4.79 Å². The van der Waals surface area contributed by atoms with Crippen LogP contribution < -0.4 is 0 Å². The van der Waals surface area contributed by atoms with Gasteiger partial charge in [0.2, 0.25) is 0 Å². The van der Waals surface area contributed by atoms with Gasteiger partial charge in [-0.1, -0.05) is 52.0 Å². The molecule has 0 N–H and O–H groups in total. The van der Waals surface area contributed by atoms with E-state index < -0.39 is 0 Å². The van der Waals surface area contributed by atoms with Crippen LogP contribution in [0.2, 0.25) is 0 Å². The lowest BCUT2D eigenvalue weighted by Crippen LogP contribution is -2.07. The largest absolute Gasteiger partial charge is 0.299 e. The quantitative estimate of drug-likeness (QED) is 0.400. The van der Waals surface area contributed by atoms with E-state index in [9.17, 15) is 4.79 Å². The van der Waals surface area contributed by atoms with Gasteiger partial charge in [0.15, 0.2) is 0 Å². The van der Waals surface area contributed by atoms with Crippen LogP contribution in [0.25, 0.3) is 0 Å². The molecule has 0 heterocycles. The Hall–Kier alpha value is -0.590. The highest BCUT2D eigenvalue weighted by molar-refractivity contribution is 5.82. The van der Waals surface area contributed by atoms with Crippen molar-refractivity contribution in [3.8, 4) is 0 Å². The summed E-state index contributed by atoms with van der Waals surface area (Å²) >= 11 is 0. The van der Waals surface area contributed by atoms with E-state index >= 15 is 0 Å². The molecule has 0 amide bonds. The van der Waals surface area contributed by atoms with Gasteiger partial charge in [-0.15, -0.1) is 6.58 Å². The normalized spacial score (nSPS) is 12.4. The molecule has 0 bridgehead atoms. The molecule has 82 valence electrons. The van der Waals surface area contributed by atoms with E-state index in [4.69, 9.17) is 0 Å². The zero-order valence-corrected chi connectivity index (χ0v) is 9.72. The molecular formula is C13H24O. The van der Waals surface area contributed by atoms with E-state index in [1.807, 2.05) is 6.92 Å². The molecule has 0 aliphatic carbocycles. The molecule has 0 saturated carbocycles. The molecule has 1 nitrogen and oxygen atoms in total. The zero-order valence-electron chi connectivity index (χ0n) is 9.72. The molecule has 14 heavy (non-hydrogen) atoms. The van der Waals surface area contributed by atoms with Crippen molar-refractivity contribution >= 4 is 5.78 Å². The highest BCUT2D eigenvalue weighted by Gasteiger charge is 2.07. The topological polar surface area (TPSA) is 17.1 Å². The van der Waals surface area contributed by atoms with E-state index in [1.54, 1.807) is 6.08 Å². The second-order valence-electron chi connectivity index (χ2n) is 4.01. The third-order valence-electron chi connectivity index (χ3n) is 2.64. The van der Waals surface area contributed by atoms with E-state index in [-0.39, 0.29) is 5.92 Å². The van der Waals surface area contributed by atoms with Gasteiger partial charge in [-0.25, -0.2) is 0 Å². The molecule has 0 saturated heterocycles. The Bertz CT molecular complexity index is 161. The number of allylic oxidation sites excluding steroid dienone is 1. The summed E-state index contributed by atoms with van der Waals surface area (Å²) in [5.41, 5.74) is 0. The first-order valence-electron chi connectivity index (χ1n) is 5.87. The minimum absolute atomic E-state index is 0.0469. The van der Waals surface area contributed by atoms with Crippen molar-refractivity contribution in [1.82, 2.24) is 0 Å². The van der Waals surface area contributed by atoms with Gasteiger partial charge < -0.3 is 0 Å². The number of hydrogen-bond donors (Lipinski definition) is 0. The van der Waals surface area contributed by atoms with Crippen molar-refractivity contribution in [2.45, 2.75) is 58.8 Å². The summed E-state index contributed by atoms with van der Waals surface area (Å²) in [5.74, 6) is 0.390. The Labute approximate surface area is 88.6 Å². The lowest BCUT2D eigenvalue weighted by molar-refractivity contribution is -0.121. The summed E-state index contributed by atoms with van der Waals surface area (Å²) in [6, 6.07) is 0. The van der Waals surface area contributed by atoms with Crippen LogP contribution in [0.5, 0.6) is 0 Å². The van der Waals surface area contributed by atoms with Crippen molar-refractivity contribution in [2.75, 3.05) is 0 Å². The summed E-state index contributed by atoms with van der Waals surface area (Å²) in [4.78, 5) is 11.4. The van der Waals surface area contributed by atoms with Crippen molar-refractivity contribution in [3.63, 3.8) is 0 Å². The van der Waals surface area contributed by atoms with Crippen LogP contribution in [-0.4, -0.2) is 5.78 Å². The van der Waals surface area contributed by atoms with E-state index in [0.717, 1.165) is 12.8 Å². The van der Waals surface area contributed by atoms with Crippen LogP contribution >= 0.6 is 0 Å². The molecule has 1 unspecified atom stereocenters. The number of carbonyl (C=O) groups excluding carboxylic acids is 1. The molecule has 0 aromatic rings. The minimum Gasteiger partial charge on any atom is -0.299 e. The molecule has 1 heteroatoms. The Morgan fingerprint density at radius 2 is 1.79 bits per heavy atom. The van der Waals surface area contributed by atoms with Crippen molar-refractivity contribution in [2.24, 2.45) is 5.92 Å². The van der Waals surface area contributed by atoms with E-state index in [2.05, 4.69) is 13.5 Å². The van der Waals surface area contributed by atoms with Gasteiger partial charge in [-0.3, -0.25) is 4.79 Å². The van der Waals surface area contributed by atoms with Crippen molar-refractivity contribution in [1.29, 1.82) is 0 Å². The average Bonchev–Trinajstić information content (AvgIpc) is 2.21. The summed E-state index contributed by atoms with van der Waals surface area (Å²) in [6.45, 7) is 7.77. The fourth-order valence-electron chi connectivity index (χ4n) is 1.44. The van der Waals surface area contributed by atoms with Gasteiger partial charge in [-0.05, 0) is 6.42 Å². The second kappa shape index (κ2) is 8.98. The van der Waals surface area contributed by atoms with Crippen LogP contribution in [0.15, 0.2) is 12.7 Å². The first kappa shape index (κ1) is 13.4. The zero-order chi connectivity index (χ0) is 10.8. The summed E-state index contributed by atoms with van der Waals surface area (Å²) in [6.07, 6.45) is 9.95. The fraction of sp³-hybridized carbons (Fsp3) is 0.769. The third kappa shape index (κ3) is 6.88. The molecule has 0 aliphatic heterocycles. The molecule has 0 aromatic heterocycles. The van der Waals surface area contributed by atoms with Crippen LogP contribution in [0.4, 0.5) is 0 Å². The predicted octanol–water partition coefficient (Wildman–Crippen LogP) is 4.13. The molecule has 0 aliphatic rings. The highest BCUT2D eigenvalue weighted by atomic mass is 16.1. The number of carbonyl (C=O) groups is 1. The average molecular weight is 196 g/mol. The smallest absolute Gasteiger partial charge is 0.139 e. The second-order valence-corrected chi connectivity index (χ2v) is 4.01. The minimum atomic E-state index is 0.0469. The third-order valence-corrected chi connectivity index (χ3v) is 2.64. The van der Waals surface area contributed by atoms with E-state index in [1.165, 1.54) is 32.1 Å². The Morgan fingerprint density at radius 3 is 2.36 bits per heavy atom. The fourth-order valence-corrected chi connectivity index (χ4v) is 1.44. The van der Waals surface area contributed by atoms with Gasteiger partial charge in [-0.2, -0.15) is 0 Å². The summed E-state index contributed by atoms with van der Waals surface area (Å²) in [5, 5.41) is 0. The first-order chi connectivity index (χ1) is 6.72. The number of unbranched alkanes of at least 4 members (excludes halogenated alkanes) is 5. The lowest BCUT2D eigenvalue weighted by Gasteiger charge is -2.04. The monoisotopic (exact) mass is 196 g/mol.